The fourth-order valence-electron chi connectivity index (χ4n) is 2.14. The summed E-state index contributed by atoms with van der Waals surface area (Å²) in [7, 11) is 0. The van der Waals surface area contributed by atoms with Crippen molar-refractivity contribution in [3.05, 3.63) is 35.9 Å². The monoisotopic (exact) mass is 259 g/mol. The van der Waals surface area contributed by atoms with Gasteiger partial charge in [0, 0.05) is 24.4 Å². The van der Waals surface area contributed by atoms with Gasteiger partial charge in [0.15, 0.2) is 0 Å². The molecule has 3 nitrogen and oxygen atoms in total. The molecular weight excluding hydrogens is 238 g/mol. The Morgan fingerprint density at radius 3 is 2.47 bits per heavy atom. The van der Waals surface area contributed by atoms with Crippen LogP contribution >= 0.6 is 0 Å². The molecule has 2 rings (SSSR count). The predicted octanol–water partition coefficient (Wildman–Crippen LogP) is 3.41. The maximum atomic E-state index is 10.5. The second-order valence-corrected chi connectivity index (χ2v) is 5.45. The molecule has 0 heterocycles. The van der Waals surface area contributed by atoms with E-state index in [4.69, 9.17) is 5.11 Å². The summed E-state index contributed by atoms with van der Waals surface area (Å²) in [6, 6.07) is 8.57. The molecule has 0 amide bonds. The molecule has 0 spiro atoms. The first-order valence-corrected chi connectivity index (χ1v) is 6.84. The minimum Gasteiger partial charge on any atom is -0.478 e. The van der Waals surface area contributed by atoms with Gasteiger partial charge in [-0.15, -0.1) is 0 Å². The molecule has 0 atom stereocenters. The van der Waals surface area contributed by atoms with E-state index in [9.17, 15) is 4.79 Å². The van der Waals surface area contributed by atoms with Crippen molar-refractivity contribution < 1.29 is 9.90 Å². The Morgan fingerprint density at radius 1 is 1.37 bits per heavy atom. The highest BCUT2D eigenvalue weighted by Gasteiger charge is 2.25. The quantitative estimate of drug-likeness (QED) is 0.796. The second-order valence-electron chi connectivity index (χ2n) is 5.45. The molecule has 1 saturated carbocycles. The van der Waals surface area contributed by atoms with E-state index in [0.717, 1.165) is 18.0 Å². The van der Waals surface area contributed by atoms with Crippen LogP contribution in [0.25, 0.3) is 6.08 Å². The minimum atomic E-state index is -0.915. The van der Waals surface area contributed by atoms with Crippen LogP contribution in [0.5, 0.6) is 0 Å². The first kappa shape index (κ1) is 13.7. The highest BCUT2D eigenvalue weighted by Crippen LogP contribution is 2.32. The van der Waals surface area contributed by atoms with Crippen LogP contribution in [-0.2, 0) is 4.79 Å². The number of anilines is 1. The van der Waals surface area contributed by atoms with Crippen molar-refractivity contribution in [2.45, 2.75) is 32.7 Å². The van der Waals surface area contributed by atoms with E-state index in [2.05, 4.69) is 30.9 Å². The molecular formula is C16H21NO2. The van der Waals surface area contributed by atoms with Crippen molar-refractivity contribution in [2.24, 2.45) is 5.92 Å². The number of rotatable bonds is 6. The van der Waals surface area contributed by atoms with E-state index < -0.39 is 5.97 Å². The lowest BCUT2D eigenvalue weighted by molar-refractivity contribution is -0.131. The average molecular weight is 259 g/mol. The second kappa shape index (κ2) is 5.91. The molecule has 0 aromatic heterocycles. The van der Waals surface area contributed by atoms with Crippen LogP contribution in [0, 0.1) is 5.92 Å². The summed E-state index contributed by atoms with van der Waals surface area (Å²) in [4.78, 5) is 12.9. The zero-order chi connectivity index (χ0) is 13.8. The molecule has 1 aliphatic carbocycles. The van der Waals surface area contributed by atoms with Gasteiger partial charge in [0.2, 0.25) is 0 Å². The lowest BCUT2D eigenvalue weighted by Crippen LogP contribution is -2.32. The summed E-state index contributed by atoms with van der Waals surface area (Å²) in [5.74, 6) is -0.0596. The van der Waals surface area contributed by atoms with E-state index in [0.29, 0.717) is 6.04 Å². The smallest absolute Gasteiger partial charge is 0.328 e. The maximum Gasteiger partial charge on any atom is 0.328 e. The molecule has 0 unspecified atom stereocenters. The van der Waals surface area contributed by atoms with Crippen LogP contribution in [-0.4, -0.2) is 23.7 Å². The van der Waals surface area contributed by atoms with Crippen LogP contribution in [0.1, 0.15) is 32.3 Å². The van der Waals surface area contributed by atoms with Crippen molar-refractivity contribution in [3.63, 3.8) is 0 Å². The van der Waals surface area contributed by atoms with Crippen molar-refractivity contribution in [2.75, 3.05) is 11.4 Å². The first-order chi connectivity index (χ1) is 9.06. The Hall–Kier alpha value is -1.77. The fourth-order valence-corrected chi connectivity index (χ4v) is 2.14. The molecule has 0 radical (unpaired) electrons. The van der Waals surface area contributed by atoms with Gasteiger partial charge in [-0.3, -0.25) is 0 Å². The Morgan fingerprint density at radius 2 is 2.00 bits per heavy atom. The van der Waals surface area contributed by atoms with Crippen LogP contribution in [0.4, 0.5) is 5.69 Å². The molecule has 1 aromatic carbocycles. The SMILES string of the molecule is CC(C)N(CC1CC1)c1ccc(C=CC(=O)O)cc1. The van der Waals surface area contributed by atoms with Crippen molar-refractivity contribution >= 4 is 17.7 Å². The molecule has 3 heteroatoms. The third-order valence-corrected chi connectivity index (χ3v) is 3.42. The van der Waals surface area contributed by atoms with E-state index >= 15 is 0 Å². The number of carbonyl (C=O) groups is 1. The number of carboxylic acid groups (broad SMARTS) is 1. The zero-order valence-electron chi connectivity index (χ0n) is 11.5. The zero-order valence-corrected chi connectivity index (χ0v) is 11.5. The number of nitrogens with zero attached hydrogens (tertiary/aromatic N) is 1. The Bertz CT molecular complexity index is 458. The van der Waals surface area contributed by atoms with Crippen molar-refractivity contribution in [3.8, 4) is 0 Å². The van der Waals surface area contributed by atoms with Gasteiger partial charge in [-0.25, -0.2) is 4.79 Å². The number of hydrogen-bond acceptors (Lipinski definition) is 2. The van der Waals surface area contributed by atoms with Gasteiger partial charge in [0.05, 0.1) is 0 Å². The third-order valence-electron chi connectivity index (χ3n) is 3.42. The highest BCUT2D eigenvalue weighted by atomic mass is 16.4. The summed E-state index contributed by atoms with van der Waals surface area (Å²) in [5, 5.41) is 8.60. The Kier molecular flexibility index (Phi) is 4.25. The summed E-state index contributed by atoms with van der Waals surface area (Å²) in [6.45, 7) is 5.54. The molecule has 0 aliphatic heterocycles. The summed E-state index contributed by atoms with van der Waals surface area (Å²) in [5.41, 5.74) is 2.13. The predicted molar refractivity (Wildman–Crippen MR) is 78.3 cm³/mol. The molecule has 0 saturated heterocycles. The van der Waals surface area contributed by atoms with Gasteiger partial charge in [-0.05, 0) is 56.4 Å². The molecule has 1 fully saturated rings. The van der Waals surface area contributed by atoms with Crippen LogP contribution < -0.4 is 4.90 Å². The minimum absolute atomic E-state index is 0.487. The van der Waals surface area contributed by atoms with Crippen molar-refractivity contribution in [1.82, 2.24) is 0 Å². The van der Waals surface area contributed by atoms with Gasteiger partial charge in [0.1, 0.15) is 0 Å². The number of hydrogen-bond donors (Lipinski definition) is 1. The lowest BCUT2D eigenvalue weighted by Gasteiger charge is -2.29. The van der Waals surface area contributed by atoms with Crippen LogP contribution in [0.2, 0.25) is 0 Å². The lowest BCUT2D eigenvalue weighted by atomic mass is 10.1. The Labute approximate surface area is 114 Å². The van der Waals surface area contributed by atoms with Gasteiger partial charge < -0.3 is 10.0 Å². The molecule has 0 bridgehead atoms. The maximum absolute atomic E-state index is 10.5. The average Bonchev–Trinajstić information content (AvgIpc) is 3.18. The Balaban J connectivity index is 2.08. The number of carboxylic acids is 1. The molecule has 1 aromatic rings. The largest absolute Gasteiger partial charge is 0.478 e. The van der Waals surface area contributed by atoms with Gasteiger partial charge >= 0.3 is 5.97 Å². The van der Waals surface area contributed by atoms with E-state index in [1.54, 1.807) is 6.08 Å². The van der Waals surface area contributed by atoms with Crippen LogP contribution in [0.3, 0.4) is 0 Å². The summed E-state index contributed by atoms with van der Waals surface area (Å²) in [6.07, 6.45) is 5.48. The topological polar surface area (TPSA) is 40.5 Å². The molecule has 102 valence electrons. The highest BCUT2D eigenvalue weighted by molar-refractivity contribution is 5.85. The molecule has 1 N–H and O–H groups in total. The summed E-state index contributed by atoms with van der Waals surface area (Å²) < 4.78 is 0. The van der Waals surface area contributed by atoms with Crippen LogP contribution in [0.15, 0.2) is 30.3 Å². The van der Waals surface area contributed by atoms with E-state index in [1.165, 1.54) is 24.6 Å². The standard InChI is InChI=1S/C16H21NO2/c1-12(2)17(11-14-3-4-14)15-8-5-13(6-9-15)7-10-16(18)19/h5-10,12,14H,3-4,11H2,1-2H3,(H,18,19). The fraction of sp³-hybridized carbons (Fsp3) is 0.438. The van der Waals surface area contributed by atoms with E-state index in [1.807, 2.05) is 12.1 Å². The normalized spacial score (nSPS) is 15.1. The first-order valence-electron chi connectivity index (χ1n) is 6.84. The number of benzene rings is 1. The van der Waals surface area contributed by atoms with E-state index in [-0.39, 0.29) is 0 Å². The third kappa shape index (κ3) is 4.12. The molecule has 1 aliphatic rings. The van der Waals surface area contributed by atoms with Gasteiger partial charge in [-0.1, -0.05) is 12.1 Å². The molecule has 19 heavy (non-hydrogen) atoms. The van der Waals surface area contributed by atoms with Gasteiger partial charge in [0.25, 0.3) is 0 Å². The summed E-state index contributed by atoms with van der Waals surface area (Å²) >= 11 is 0. The number of aliphatic carboxylic acids is 1. The van der Waals surface area contributed by atoms with Crippen molar-refractivity contribution in [1.29, 1.82) is 0 Å². The van der Waals surface area contributed by atoms with Gasteiger partial charge in [-0.2, -0.15) is 0 Å².